The fourth-order valence-electron chi connectivity index (χ4n) is 3.94. The van der Waals surface area contributed by atoms with E-state index < -0.39 is 0 Å². The van der Waals surface area contributed by atoms with E-state index in [4.69, 9.17) is 0 Å². The van der Waals surface area contributed by atoms with Crippen LogP contribution < -0.4 is 0 Å². The van der Waals surface area contributed by atoms with Crippen molar-refractivity contribution in [2.24, 2.45) is 23.2 Å². The summed E-state index contributed by atoms with van der Waals surface area (Å²) in [6, 6.07) is 0. The second-order valence-electron chi connectivity index (χ2n) is 6.26. The van der Waals surface area contributed by atoms with Crippen LogP contribution in [0.1, 0.15) is 65.7 Å². The van der Waals surface area contributed by atoms with Gasteiger partial charge in [0.05, 0.1) is 0 Å². The number of hydrogen-bond donors (Lipinski definition) is 0. The van der Waals surface area contributed by atoms with Crippen molar-refractivity contribution >= 4 is 0 Å². The van der Waals surface area contributed by atoms with Crippen molar-refractivity contribution in [2.75, 3.05) is 0 Å². The van der Waals surface area contributed by atoms with Gasteiger partial charge in [0.15, 0.2) is 0 Å². The van der Waals surface area contributed by atoms with Crippen LogP contribution in [-0.4, -0.2) is 0 Å². The SMILES string of the molecule is CC(C)[C@@H]1CCC(C)C2(CCCC2)C1. The highest BCUT2D eigenvalue weighted by atomic mass is 14.5. The maximum absolute atomic E-state index is 2.52. The summed E-state index contributed by atoms with van der Waals surface area (Å²) < 4.78 is 0. The van der Waals surface area contributed by atoms with Crippen LogP contribution in [0.15, 0.2) is 0 Å². The van der Waals surface area contributed by atoms with E-state index in [0.717, 1.165) is 23.2 Å². The maximum Gasteiger partial charge on any atom is -0.0269 e. The fraction of sp³-hybridized carbons (Fsp3) is 1.00. The molecule has 0 nitrogen and oxygen atoms in total. The summed E-state index contributed by atoms with van der Waals surface area (Å²) in [4.78, 5) is 0. The standard InChI is InChI=1S/C14H26/c1-11(2)13-7-6-12(3)14(10-13)8-4-5-9-14/h11-13H,4-10H2,1-3H3/t12?,13-/m1/s1. The summed E-state index contributed by atoms with van der Waals surface area (Å²) in [5.41, 5.74) is 0.785. The molecule has 0 aromatic heterocycles. The van der Waals surface area contributed by atoms with Gasteiger partial charge in [-0.15, -0.1) is 0 Å². The fourth-order valence-corrected chi connectivity index (χ4v) is 3.94. The van der Waals surface area contributed by atoms with E-state index in [9.17, 15) is 0 Å². The van der Waals surface area contributed by atoms with E-state index in [-0.39, 0.29) is 0 Å². The molecule has 0 heteroatoms. The molecule has 2 aliphatic carbocycles. The Morgan fingerprint density at radius 1 is 1.07 bits per heavy atom. The lowest BCUT2D eigenvalue weighted by molar-refractivity contribution is 0.0570. The zero-order chi connectivity index (χ0) is 10.2. The molecule has 14 heavy (non-hydrogen) atoms. The molecule has 2 aliphatic rings. The number of hydrogen-bond acceptors (Lipinski definition) is 0. The van der Waals surface area contributed by atoms with Gasteiger partial charge < -0.3 is 0 Å². The normalized spacial score (nSPS) is 36.9. The third kappa shape index (κ3) is 1.73. The summed E-state index contributed by atoms with van der Waals surface area (Å²) >= 11 is 0. The summed E-state index contributed by atoms with van der Waals surface area (Å²) in [5.74, 6) is 2.96. The first-order valence-electron chi connectivity index (χ1n) is 6.64. The predicted molar refractivity (Wildman–Crippen MR) is 62.2 cm³/mol. The highest BCUT2D eigenvalue weighted by Crippen LogP contribution is 2.54. The van der Waals surface area contributed by atoms with Gasteiger partial charge in [-0.3, -0.25) is 0 Å². The monoisotopic (exact) mass is 194 g/mol. The Bertz CT molecular complexity index is 186. The van der Waals surface area contributed by atoms with Crippen LogP contribution in [0, 0.1) is 23.2 Å². The molecule has 2 atom stereocenters. The van der Waals surface area contributed by atoms with Gasteiger partial charge in [0.2, 0.25) is 0 Å². The molecule has 0 radical (unpaired) electrons. The Labute approximate surface area is 89.5 Å². The molecule has 0 aliphatic heterocycles. The van der Waals surface area contributed by atoms with Gasteiger partial charge in [0.25, 0.3) is 0 Å². The average Bonchev–Trinajstić information content (AvgIpc) is 2.59. The molecule has 2 saturated carbocycles. The van der Waals surface area contributed by atoms with Crippen molar-refractivity contribution in [3.8, 4) is 0 Å². The summed E-state index contributed by atoms with van der Waals surface area (Å²) in [6.45, 7) is 7.36. The van der Waals surface area contributed by atoms with Gasteiger partial charge in [0, 0.05) is 0 Å². The van der Waals surface area contributed by atoms with E-state index in [1.54, 1.807) is 6.42 Å². The van der Waals surface area contributed by atoms with E-state index in [1.165, 1.54) is 38.5 Å². The van der Waals surface area contributed by atoms with Crippen LogP contribution in [0.3, 0.4) is 0 Å². The molecule has 1 unspecified atom stereocenters. The van der Waals surface area contributed by atoms with Crippen molar-refractivity contribution in [1.82, 2.24) is 0 Å². The average molecular weight is 194 g/mol. The van der Waals surface area contributed by atoms with Crippen molar-refractivity contribution in [3.05, 3.63) is 0 Å². The molecular weight excluding hydrogens is 168 g/mol. The third-order valence-electron chi connectivity index (χ3n) is 5.23. The first-order chi connectivity index (χ1) is 6.64. The highest BCUT2D eigenvalue weighted by molar-refractivity contribution is 4.94. The lowest BCUT2D eigenvalue weighted by atomic mass is 9.61. The van der Waals surface area contributed by atoms with Crippen molar-refractivity contribution < 1.29 is 0 Å². The van der Waals surface area contributed by atoms with E-state index in [1.807, 2.05) is 0 Å². The van der Waals surface area contributed by atoms with Gasteiger partial charge in [0.1, 0.15) is 0 Å². The molecule has 0 N–H and O–H groups in total. The van der Waals surface area contributed by atoms with E-state index >= 15 is 0 Å². The minimum atomic E-state index is 0.785. The quantitative estimate of drug-likeness (QED) is 0.570. The van der Waals surface area contributed by atoms with Crippen LogP contribution >= 0.6 is 0 Å². The Morgan fingerprint density at radius 3 is 2.29 bits per heavy atom. The van der Waals surface area contributed by atoms with Crippen LogP contribution in [0.5, 0.6) is 0 Å². The van der Waals surface area contributed by atoms with Crippen molar-refractivity contribution in [1.29, 1.82) is 0 Å². The minimum Gasteiger partial charge on any atom is -0.0625 e. The smallest absolute Gasteiger partial charge is 0.0269 e. The molecule has 0 heterocycles. The van der Waals surface area contributed by atoms with Gasteiger partial charge >= 0.3 is 0 Å². The molecule has 0 aromatic carbocycles. The highest BCUT2D eigenvalue weighted by Gasteiger charge is 2.43. The van der Waals surface area contributed by atoms with E-state index in [2.05, 4.69) is 20.8 Å². The predicted octanol–water partition coefficient (Wildman–Crippen LogP) is 4.64. The third-order valence-corrected chi connectivity index (χ3v) is 5.23. The maximum atomic E-state index is 2.52. The second kappa shape index (κ2) is 3.87. The van der Waals surface area contributed by atoms with E-state index in [0.29, 0.717) is 0 Å². The van der Waals surface area contributed by atoms with Crippen LogP contribution in [0.4, 0.5) is 0 Å². The summed E-state index contributed by atoms with van der Waals surface area (Å²) in [6.07, 6.45) is 10.6. The van der Waals surface area contributed by atoms with Gasteiger partial charge in [-0.2, -0.15) is 0 Å². The number of rotatable bonds is 1. The molecule has 0 bridgehead atoms. The van der Waals surface area contributed by atoms with Gasteiger partial charge in [-0.25, -0.2) is 0 Å². The van der Waals surface area contributed by atoms with Crippen LogP contribution in [0.2, 0.25) is 0 Å². The van der Waals surface area contributed by atoms with Crippen LogP contribution in [0.25, 0.3) is 0 Å². The Kier molecular flexibility index (Phi) is 2.91. The lowest BCUT2D eigenvalue weighted by Crippen LogP contribution is -2.35. The first kappa shape index (κ1) is 10.5. The molecular formula is C14H26. The minimum absolute atomic E-state index is 0.785. The summed E-state index contributed by atoms with van der Waals surface area (Å²) in [7, 11) is 0. The Morgan fingerprint density at radius 2 is 1.71 bits per heavy atom. The molecule has 2 fully saturated rings. The summed E-state index contributed by atoms with van der Waals surface area (Å²) in [5, 5.41) is 0. The van der Waals surface area contributed by atoms with Crippen molar-refractivity contribution in [2.45, 2.75) is 65.7 Å². The van der Waals surface area contributed by atoms with Crippen LogP contribution in [-0.2, 0) is 0 Å². The molecule has 0 saturated heterocycles. The molecule has 82 valence electrons. The first-order valence-corrected chi connectivity index (χ1v) is 6.64. The molecule has 1 spiro atoms. The van der Waals surface area contributed by atoms with Crippen molar-refractivity contribution in [3.63, 3.8) is 0 Å². The Hall–Kier alpha value is 0. The Balaban J connectivity index is 2.06. The van der Waals surface area contributed by atoms with Gasteiger partial charge in [-0.05, 0) is 55.3 Å². The lowest BCUT2D eigenvalue weighted by Gasteiger charge is -2.45. The van der Waals surface area contributed by atoms with Gasteiger partial charge in [-0.1, -0.05) is 33.6 Å². The molecule has 0 aromatic rings. The zero-order valence-corrected chi connectivity index (χ0v) is 10.2. The second-order valence-corrected chi connectivity index (χ2v) is 6.26. The molecule has 2 rings (SSSR count). The molecule has 0 amide bonds. The zero-order valence-electron chi connectivity index (χ0n) is 10.2. The topological polar surface area (TPSA) is 0 Å². The largest absolute Gasteiger partial charge is 0.0625 e.